The molecule has 2 N–H and O–H groups in total. The van der Waals surface area contributed by atoms with Crippen LogP contribution < -0.4 is 10.5 Å². The molecular weight excluding hydrogens is 270 g/mol. The molecule has 0 amide bonds. The second-order valence-electron chi connectivity index (χ2n) is 4.20. The third-order valence-corrected chi connectivity index (χ3v) is 3.79. The molecule has 0 spiro atoms. The normalized spacial score (nSPS) is 17.7. The molecule has 0 saturated heterocycles. The summed E-state index contributed by atoms with van der Waals surface area (Å²) in [6.45, 7) is 0. The van der Waals surface area contributed by atoms with Crippen molar-refractivity contribution in [2.75, 3.05) is 7.11 Å². The maximum absolute atomic E-state index is 6.17. The van der Waals surface area contributed by atoms with E-state index in [2.05, 4.69) is 20.9 Å². The topological polar surface area (TPSA) is 52.5 Å². The van der Waals surface area contributed by atoms with Gasteiger partial charge in [0.05, 0.1) is 18.3 Å². The second-order valence-corrected chi connectivity index (χ2v) is 4.95. The highest BCUT2D eigenvalue weighted by molar-refractivity contribution is 9.10. The van der Waals surface area contributed by atoms with Gasteiger partial charge < -0.3 is 10.5 Å². The third kappa shape index (κ3) is 1.35. The Kier molecular flexibility index (Phi) is 2.03. The van der Waals surface area contributed by atoms with Crippen molar-refractivity contribution >= 4 is 21.6 Å². The van der Waals surface area contributed by atoms with E-state index in [1.54, 1.807) is 7.11 Å². The number of halogens is 1. The summed E-state index contributed by atoms with van der Waals surface area (Å²) in [4.78, 5) is 4.57. The van der Waals surface area contributed by atoms with Gasteiger partial charge in [-0.2, -0.15) is 0 Å². The fourth-order valence-corrected chi connectivity index (χ4v) is 2.59. The van der Waals surface area contributed by atoms with E-state index in [9.17, 15) is 0 Å². The molecule has 1 saturated carbocycles. The molecule has 1 fully saturated rings. The first kappa shape index (κ1) is 10.1. The fourth-order valence-electron chi connectivity index (χ4n) is 1.81. The molecule has 5 heteroatoms. The number of rotatable bonds is 2. The Morgan fingerprint density at radius 2 is 2.31 bits per heavy atom. The number of fused-ring (bicyclic) bond motifs is 1. The Morgan fingerprint density at radius 1 is 1.56 bits per heavy atom. The lowest BCUT2D eigenvalue weighted by Gasteiger charge is -2.04. The summed E-state index contributed by atoms with van der Waals surface area (Å²) in [5.41, 5.74) is 7.75. The summed E-state index contributed by atoms with van der Waals surface area (Å²) in [6, 6.07) is 3.80. The van der Waals surface area contributed by atoms with E-state index in [-0.39, 0.29) is 5.54 Å². The Hall–Kier alpha value is -1.07. The molecule has 0 unspecified atom stereocenters. The molecule has 3 rings (SSSR count). The van der Waals surface area contributed by atoms with E-state index in [0.717, 1.165) is 34.5 Å². The number of ether oxygens (including phenoxy) is 1. The summed E-state index contributed by atoms with van der Waals surface area (Å²) in [7, 11) is 1.65. The fraction of sp³-hybridized carbons (Fsp3) is 0.364. The number of pyridine rings is 1. The monoisotopic (exact) mass is 281 g/mol. The minimum absolute atomic E-state index is 0.224. The molecule has 0 atom stereocenters. The third-order valence-electron chi connectivity index (χ3n) is 3.04. The van der Waals surface area contributed by atoms with Crippen LogP contribution >= 0.6 is 15.9 Å². The number of nitrogens with two attached hydrogens (primary N) is 1. The van der Waals surface area contributed by atoms with Crippen LogP contribution in [0.15, 0.2) is 22.9 Å². The van der Waals surface area contributed by atoms with Crippen LogP contribution in [0.25, 0.3) is 5.65 Å². The molecule has 0 radical (unpaired) electrons. The molecule has 84 valence electrons. The summed E-state index contributed by atoms with van der Waals surface area (Å²) in [6.07, 6.45) is 3.94. The van der Waals surface area contributed by atoms with Crippen molar-refractivity contribution < 1.29 is 4.74 Å². The van der Waals surface area contributed by atoms with Crippen LogP contribution in [-0.2, 0) is 5.54 Å². The van der Waals surface area contributed by atoms with Gasteiger partial charge in [0, 0.05) is 12.3 Å². The Balaban J connectivity index is 2.22. The van der Waals surface area contributed by atoms with Crippen molar-refractivity contribution in [2.45, 2.75) is 18.4 Å². The summed E-state index contributed by atoms with van der Waals surface area (Å²) < 4.78 is 8.10. The molecule has 4 nitrogen and oxygen atoms in total. The van der Waals surface area contributed by atoms with E-state index in [1.165, 1.54) is 0 Å². The van der Waals surface area contributed by atoms with E-state index < -0.39 is 0 Å². The maximum atomic E-state index is 6.17. The number of hydrogen-bond acceptors (Lipinski definition) is 3. The summed E-state index contributed by atoms with van der Waals surface area (Å²) >= 11 is 3.55. The van der Waals surface area contributed by atoms with Gasteiger partial charge in [0.1, 0.15) is 16.0 Å². The van der Waals surface area contributed by atoms with E-state index in [1.807, 2.05) is 22.7 Å². The van der Waals surface area contributed by atoms with Crippen molar-refractivity contribution in [3.63, 3.8) is 0 Å². The lowest BCUT2D eigenvalue weighted by atomic mass is 10.2. The second kappa shape index (κ2) is 3.21. The molecule has 0 bridgehead atoms. The average Bonchev–Trinajstić information content (AvgIpc) is 2.95. The Bertz CT molecular complexity index is 560. The standard InChI is InChI=1S/C11H12BrN3O/c1-16-7-2-5-15-8(6-7)14-9(10(15)12)11(13)3-4-11/h2,5-6H,3-4,13H2,1H3. The minimum atomic E-state index is -0.224. The van der Waals surface area contributed by atoms with Crippen LogP contribution in [0.3, 0.4) is 0 Å². The van der Waals surface area contributed by atoms with Gasteiger partial charge in [0.25, 0.3) is 0 Å². The van der Waals surface area contributed by atoms with Crippen molar-refractivity contribution in [3.05, 3.63) is 28.6 Å². The average molecular weight is 282 g/mol. The first-order chi connectivity index (χ1) is 7.64. The first-order valence-corrected chi connectivity index (χ1v) is 5.94. The first-order valence-electron chi connectivity index (χ1n) is 5.15. The van der Waals surface area contributed by atoms with Gasteiger partial charge in [0.15, 0.2) is 0 Å². The summed E-state index contributed by atoms with van der Waals surface area (Å²) in [5.74, 6) is 0.804. The zero-order chi connectivity index (χ0) is 11.3. The number of methoxy groups -OCH3 is 1. The minimum Gasteiger partial charge on any atom is -0.497 e. The van der Waals surface area contributed by atoms with Crippen molar-refractivity contribution in [2.24, 2.45) is 5.73 Å². The molecule has 0 aliphatic heterocycles. The largest absolute Gasteiger partial charge is 0.497 e. The highest BCUT2D eigenvalue weighted by Gasteiger charge is 2.44. The highest BCUT2D eigenvalue weighted by Crippen LogP contribution is 2.45. The maximum Gasteiger partial charge on any atom is 0.141 e. The Labute approximate surface area is 102 Å². The molecule has 2 aromatic heterocycles. The van der Waals surface area contributed by atoms with Crippen LogP contribution in [0, 0.1) is 0 Å². The molecule has 2 aromatic rings. The smallest absolute Gasteiger partial charge is 0.141 e. The zero-order valence-corrected chi connectivity index (χ0v) is 10.5. The van der Waals surface area contributed by atoms with Gasteiger partial charge >= 0.3 is 0 Å². The van der Waals surface area contributed by atoms with Gasteiger partial charge in [0.2, 0.25) is 0 Å². The zero-order valence-electron chi connectivity index (χ0n) is 8.90. The van der Waals surface area contributed by atoms with Crippen LogP contribution in [0.1, 0.15) is 18.5 Å². The predicted molar refractivity (Wildman–Crippen MR) is 64.5 cm³/mol. The predicted octanol–water partition coefficient (Wildman–Crippen LogP) is 2.05. The van der Waals surface area contributed by atoms with Gasteiger partial charge in [-0.05, 0) is 34.8 Å². The molecule has 2 heterocycles. The molecule has 0 aromatic carbocycles. The lowest BCUT2D eigenvalue weighted by Crippen LogP contribution is -2.19. The Morgan fingerprint density at radius 3 is 2.94 bits per heavy atom. The number of aromatic nitrogens is 2. The van der Waals surface area contributed by atoms with Gasteiger partial charge in [-0.15, -0.1) is 0 Å². The van der Waals surface area contributed by atoms with Gasteiger partial charge in [-0.3, -0.25) is 4.40 Å². The van der Waals surface area contributed by atoms with Crippen molar-refractivity contribution in [1.82, 2.24) is 9.38 Å². The molecule has 1 aliphatic rings. The van der Waals surface area contributed by atoms with Crippen LogP contribution in [0.4, 0.5) is 0 Å². The number of imidazole rings is 1. The summed E-state index contributed by atoms with van der Waals surface area (Å²) in [5, 5.41) is 0. The highest BCUT2D eigenvalue weighted by atomic mass is 79.9. The SMILES string of the molecule is COc1ccn2c(Br)c(C3(N)CC3)nc2c1. The van der Waals surface area contributed by atoms with E-state index >= 15 is 0 Å². The van der Waals surface area contributed by atoms with Crippen LogP contribution in [-0.4, -0.2) is 16.5 Å². The van der Waals surface area contributed by atoms with E-state index in [0.29, 0.717) is 0 Å². The number of nitrogens with zero attached hydrogens (tertiary/aromatic N) is 2. The molecule has 1 aliphatic carbocycles. The lowest BCUT2D eigenvalue weighted by molar-refractivity contribution is 0.414. The molecular formula is C11H12BrN3O. The van der Waals surface area contributed by atoms with Crippen LogP contribution in [0.5, 0.6) is 5.75 Å². The van der Waals surface area contributed by atoms with Crippen molar-refractivity contribution in [3.8, 4) is 5.75 Å². The van der Waals surface area contributed by atoms with Crippen LogP contribution in [0.2, 0.25) is 0 Å². The molecule has 16 heavy (non-hydrogen) atoms. The number of hydrogen-bond donors (Lipinski definition) is 1. The van der Waals surface area contributed by atoms with Gasteiger partial charge in [-0.25, -0.2) is 4.98 Å². The van der Waals surface area contributed by atoms with E-state index in [4.69, 9.17) is 10.5 Å². The van der Waals surface area contributed by atoms with Crippen molar-refractivity contribution in [1.29, 1.82) is 0 Å². The van der Waals surface area contributed by atoms with Gasteiger partial charge in [-0.1, -0.05) is 0 Å². The quantitative estimate of drug-likeness (QED) is 0.917.